The van der Waals surface area contributed by atoms with Gasteiger partial charge in [-0.2, -0.15) is 0 Å². The number of anilines is 1. The lowest BCUT2D eigenvalue weighted by atomic mass is 9.96. The van der Waals surface area contributed by atoms with Gasteiger partial charge in [0.05, 0.1) is 0 Å². The van der Waals surface area contributed by atoms with E-state index in [1.54, 1.807) is 12.2 Å². The van der Waals surface area contributed by atoms with Crippen molar-refractivity contribution < 1.29 is 9.59 Å². The van der Waals surface area contributed by atoms with Gasteiger partial charge in [0, 0.05) is 37.2 Å². The molecule has 0 aliphatic carbocycles. The Morgan fingerprint density at radius 2 is 1.89 bits per heavy atom. The molecular weight excluding hydrogens is 336 g/mol. The van der Waals surface area contributed by atoms with Crippen molar-refractivity contribution in [2.75, 3.05) is 18.0 Å². The number of amides is 2. The monoisotopic (exact) mass is 362 g/mol. The summed E-state index contributed by atoms with van der Waals surface area (Å²) in [7, 11) is 0. The summed E-state index contributed by atoms with van der Waals surface area (Å²) in [5.74, 6) is 0.408. The Morgan fingerprint density at radius 1 is 1.15 bits per heavy atom. The molecule has 3 rings (SSSR count). The number of benzene rings is 2. The molecule has 0 saturated carbocycles. The minimum absolute atomic E-state index is 0.0943. The third kappa shape index (κ3) is 5.07. The summed E-state index contributed by atoms with van der Waals surface area (Å²) in [5, 5.41) is 2.99. The quantitative estimate of drug-likeness (QED) is 0.753. The number of nitrogens with zero attached hydrogens (tertiary/aromatic N) is 1. The topological polar surface area (TPSA) is 49.4 Å². The minimum atomic E-state index is -0.0943. The predicted octanol–water partition coefficient (Wildman–Crippen LogP) is 4.14. The van der Waals surface area contributed by atoms with Gasteiger partial charge in [-0.1, -0.05) is 49.4 Å². The molecular formula is C23H26N2O2. The van der Waals surface area contributed by atoms with Crippen LogP contribution < -0.4 is 10.2 Å². The minimum Gasteiger partial charge on any atom is -0.352 e. The molecule has 1 aliphatic heterocycles. The van der Waals surface area contributed by atoms with Gasteiger partial charge in [-0.05, 0) is 42.2 Å². The van der Waals surface area contributed by atoms with E-state index in [1.165, 1.54) is 5.56 Å². The molecule has 0 spiro atoms. The summed E-state index contributed by atoms with van der Waals surface area (Å²) in [6, 6.07) is 18.0. The van der Waals surface area contributed by atoms with Crippen LogP contribution in [-0.4, -0.2) is 24.9 Å². The maximum absolute atomic E-state index is 12.1. The first-order valence-corrected chi connectivity index (χ1v) is 9.58. The van der Waals surface area contributed by atoms with Crippen molar-refractivity contribution in [1.82, 2.24) is 5.32 Å². The van der Waals surface area contributed by atoms with Crippen molar-refractivity contribution in [3.8, 4) is 0 Å². The Hall–Kier alpha value is -2.88. The molecule has 1 heterocycles. The Labute approximate surface area is 160 Å². The lowest BCUT2D eigenvalue weighted by molar-refractivity contribution is -0.117. The summed E-state index contributed by atoms with van der Waals surface area (Å²) in [4.78, 5) is 25.7. The van der Waals surface area contributed by atoms with E-state index in [0.717, 1.165) is 30.6 Å². The maximum atomic E-state index is 12.1. The third-order valence-electron chi connectivity index (χ3n) is 4.99. The van der Waals surface area contributed by atoms with Crippen LogP contribution in [0.4, 0.5) is 5.69 Å². The lowest BCUT2D eigenvalue weighted by Crippen LogP contribution is -2.26. The molecule has 1 aliphatic rings. The molecule has 27 heavy (non-hydrogen) atoms. The molecule has 1 unspecified atom stereocenters. The average Bonchev–Trinajstić information content (AvgIpc) is 3.14. The van der Waals surface area contributed by atoms with Crippen molar-refractivity contribution in [3.05, 3.63) is 71.8 Å². The van der Waals surface area contributed by atoms with Gasteiger partial charge in [0.15, 0.2) is 0 Å². The van der Waals surface area contributed by atoms with Gasteiger partial charge in [0.2, 0.25) is 11.8 Å². The molecule has 1 saturated heterocycles. The highest BCUT2D eigenvalue weighted by molar-refractivity contribution is 5.95. The van der Waals surface area contributed by atoms with Crippen LogP contribution >= 0.6 is 0 Å². The highest BCUT2D eigenvalue weighted by Gasteiger charge is 2.21. The Morgan fingerprint density at radius 3 is 2.52 bits per heavy atom. The van der Waals surface area contributed by atoms with Crippen LogP contribution in [0.2, 0.25) is 0 Å². The number of nitrogens with one attached hydrogen (secondary N) is 1. The summed E-state index contributed by atoms with van der Waals surface area (Å²) in [5.41, 5.74) is 3.11. The van der Waals surface area contributed by atoms with Gasteiger partial charge in [-0.15, -0.1) is 0 Å². The molecule has 1 N–H and O–H groups in total. The molecule has 2 aromatic rings. The Kier molecular flexibility index (Phi) is 6.42. The second-order valence-electron chi connectivity index (χ2n) is 6.83. The van der Waals surface area contributed by atoms with E-state index in [-0.39, 0.29) is 11.8 Å². The first kappa shape index (κ1) is 18.9. The molecule has 1 fully saturated rings. The fourth-order valence-electron chi connectivity index (χ4n) is 3.36. The zero-order chi connectivity index (χ0) is 19.1. The predicted molar refractivity (Wildman–Crippen MR) is 110 cm³/mol. The maximum Gasteiger partial charge on any atom is 0.244 e. The van der Waals surface area contributed by atoms with Gasteiger partial charge >= 0.3 is 0 Å². The van der Waals surface area contributed by atoms with Crippen molar-refractivity contribution in [3.63, 3.8) is 0 Å². The smallest absolute Gasteiger partial charge is 0.244 e. The van der Waals surface area contributed by atoms with Gasteiger partial charge in [0.25, 0.3) is 0 Å². The molecule has 2 amide bonds. The largest absolute Gasteiger partial charge is 0.352 e. The number of carbonyl (C=O) groups excluding carboxylic acids is 2. The number of carbonyl (C=O) groups is 2. The van der Waals surface area contributed by atoms with E-state index in [4.69, 9.17) is 0 Å². The highest BCUT2D eigenvalue weighted by Crippen LogP contribution is 2.22. The Bertz CT molecular complexity index is 797. The number of hydrogen-bond acceptors (Lipinski definition) is 2. The molecule has 0 bridgehead atoms. The highest BCUT2D eigenvalue weighted by atomic mass is 16.2. The van der Waals surface area contributed by atoms with E-state index < -0.39 is 0 Å². The van der Waals surface area contributed by atoms with Crippen LogP contribution in [0, 0.1) is 0 Å². The lowest BCUT2D eigenvalue weighted by Gasteiger charge is -2.15. The standard InChI is InChI=1S/C23H26N2O2/c1-2-19(20-7-4-3-5-8-20)17-24-22(26)15-12-18-10-13-21(14-11-18)25-16-6-9-23(25)27/h3-5,7-8,10-15,19H,2,6,9,16-17H2,1H3,(H,24,26)/b15-12+. The van der Waals surface area contributed by atoms with Crippen molar-refractivity contribution in [1.29, 1.82) is 0 Å². The van der Waals surface area contributed by atoms with E-state index in [9.17, 15) is 9.59 Å². The first-order chi connectivity index (χ1) is 13.2. The van der Waals surface area contributed by atoms with Crippen LogP contribution in [0.1, 0.15) is 43.2 Å². The van der Waals surface area contributed by atoms with E-state index in [2.05, 4.69) is 24.4 Å². The average molecular weight is 362 g/mol. The van der Waals surface area contributed by atoms with E-state index >= 15 is 0 Å². The molecule has 0 radical (unpaired) electrons. The second kappa shape index (κ2) is 9.17. The molecule has 4 nitrogen and oxygen atoms in total. The summed E-state index contributed by atoms with van der Waals surface area (Å²) >= 11 is 0. The number of rotatable bonds is 7. The molecule has 140 valence electrons. The van der Waals surface area contributed by atoms with Crippen molar-refractivity contribution >= 4 is 23.6 Å². The van der Waals surface area contributed by atoms with Crippen molar-refractivity contribution in [2.24, 2.45) is 0 Å². The first-order valence-electron chi connectivity index (χ1n) is 9.58. The molecule has 4 heteroatoms. The van der Waals surface area contributed by atoms with Gasteiger partial charge in [0.1, 0.15) is 0 Å². The molecule has 1 atom stereocenters. The van der Waals surface area contributed by atoms with Gasteiger partial charge in [-0.25, -0.2) is 0 Å². The molecule has 2 aromatic carbocycles. The van der Waals surface area contributed by atoms with E-state index in [1.807, 2.05) is 47.4 Å². The number of hydrogen-bond donors (Lipinski definition) is 1. The van der Waals surface area contributed by atoms with Crippen LogP contribution in [0.3, 0.4) is 0 Å². The summed E-state index contributed by atoms with van der Waals surface area (Å²) in [6.07, 6.45) is 5.89. The van der Waals surface area contributed by atoms with Crippen LogP contribution in [0.5, 0.6) is 0 Å². The summed E-state index contributed by atoms with van der Waals surface area (Å²) < 4.78 is 0. The SMILES string of the molecule is CCC(CNC(=O)/C=C/c1ccc(N2CCCC2=O)cc1)c1ccccc1. The van der Waals surface area contributed by atoms with Crippen molar-refractivity contribution in [2.45, 2.75) is 32.1 Å². The zero-order valence-corrected chi connectivity index (χ0v) is 15.7. The van der Waals surface area contributed by atoms with E-state index in [0.29, 0.717) is 18.9 Å². The third-order valence-corrected chi connectivity index (χ3v) is 4.99. The van der Waals surface area contributed by atoms with Gasteiger partial charge in [-0.3, -0.25) is 9.59 Å². The zero-order valence-electron chi connectivity index (χ0n) is 15.7. The van der Waals surface area contributed by atoms with Crippen LogP contribution in [-0.2, 0) is 9.59 Å². The normalized spacial score (nSPS) is 15.3. The van der Waals surface area contributed by atoms with Crippen LogP contribution in [0.25, 0.3) is 6.08 Å². The molecule has 0 aromatic heterocycles. The fraction of sp³-hybridized carbons (Fsp3) is 0.304. The summed E-state index contributed by atoms with van der Waals surface area (Å²) in [6.45, 7) is 3.54. The Balaban J connectivity index is 1.53. The fourth-order valence-corrected chi connectivity index (χ4v) is 3.36. The second-order valence-corrected chi connectivity index (χ2v) is 6.83. The van der Waals surface area contributed by atoms with Crippen LogP contribution in [0.15, 0.2) is 60.7 Å². The van der Waals surface area contributed by atoms with Gasteiger partial charge < -0.3 is 10.2 Å².